The first-order valence-corrected chi connectivity index (χ1v) is 7.16. The quantitative estimate of drug-likeness (QED) is 0.726. The summed E-state index contributed by atoms with van der Waals surface area (Å²) < 4.78 is 0. The van der Waals surface area contributed by atoms with Gasteiger partial charge < -0.3 is 16.0 Å². The molecule has 21 heavy (non-hydrogen) atoms. The Morgan fingerprint density at radius 3 is 2.67 bits per heavy atom. The van der Waals surface area contributed by atoms with E-state index in [2.05, 4.69) is 41.6 Å². The van der Waals surface area contributed by atoms with Crippen molar-refractivity contribution in [3.05, 3.63) is 59.2 Å². The van der Waals surface area contributed by atoms with Gasteiger partial charge in [0, 0.05) is 24.0 Å². The minimum atomic E-state index is 0.259. The highest BCUT2D eigenvalue weighted by molar-refractivity contribution is 5.95. The zero-order valence-corrected chi connectivity index (χ0v) is 12.8. The number of aliphatic imine (C=N–C) groups is 1. The second-order valence-corrected chi connectivity index (χ2v) is 5.38. The SMILES string of the molecule is CC1=N/C(=C(/C=N)C(C)C)NC(NCc2ccccc2)=C1. The average molecular weight is 282 g/mol. The van der Waals surface area contributed by atoms with Crippen molar-refractivity contribution in [3.8, 4) is 0 Å². The molecule has 0 aromatic heterocycles. The molecule has 0 radical (unpaired) electrons. The van der Waals surface area contributed by atoms with Gasteiger partial charge in [-0.05, 0) is 24.5 Å². The summed E-state index contributed by atoms with van der Waals surface area (Å²) in [6.07, 6.45) is 3.36. The molecule has 1 aliphatic heterocycles. The van der Waals surface area contributed by atoms with Crippen LogP contribution < -0.4 is 10.6 Å². The maximum atomic E-state index is 7.56. The summed E-state index contributed by atoms with van der Waals surface area (Å²) in [5.41, 5.74) is 3.06. The van der Waals surface area contributed by atoms with Crippen LogP contribution in [0.1, 0.15) is 26.3 Å². The molecule has 0 atom stereocenters. The van der Waals surface area contributed by atoms with Gasteiger partial charge in [-0.3, -0.25) is 0 Å². The summed E-state index contributed by atoms with van der Waals surface area (Å²) in [5.74, 6) is 1.94. The van der Waals surface area contributed by atoms with E-state index in [1.165, 1.54) is 11.8 Å². The van der Waals surface area contributed by atoms with Crippen LogP contribution in [0.2, 0.25) is 0 Å². The molecule has 110 valence electrons. The molecule has 0 unspecified atom stereocenters. The monoisotopic (exact) mass is 282 g/mol. The van der Waals surface area contributed by atoms with Crippen LogP contribution in [0.15, 0.2) is 58.6 Å². The second-order valence-electron chi connectivity index (χ2n) is 5.38. The molecule has 0 aliphatic carbocycles. The van der Waals surface area contributed by atoms with E-state index in [4.69, 9.17) is 5.41 Å². The van der Waals surface area contributed by atoms with Crippen LogP contribution in [-0.2, 0) is 6.54 Å². The molecular formula is C17H22N4. The Balaban J connectivity index is 2.12. The fourth-order valence-corrected chi connectivity index (χ4v) is 2.14. The lowest BCUT2D eigenvalue weighted by Gasteiger charge is -2.21. The fraction of sp³-hybridized carbons (Fsp3) is 0.294. The van der Waals surface area contributed by atoms with Crippen molar-refractivity contribution >= 4 is 11.9 Å². The Labute approximate surface area is 126 Å². The lowest BCUT2D eigenvalue weighted by molar-refractivity contribution is 0.706. The van der Waals surface area contributed by atoms with Crippen molar-refractivity contribution in [2.45, 2.75) is 27.3 Å². The predicted octanol–water partition coefficient (Wildman–Crippen LogP) is 3.20. The van der Waals surface area contributed by atoms with Gasteiger partial charge in [0.05, 0.1) is 0 Å². The molecular weight excluding hydrogens is 260 g/mol. The topological polar surface area (TPSA) is 60.3 Å². The number of allylic oxidation sites excluding steroid dienone is 2. The summed E-state index contributed by atoms with van der Waals surface area (Å²) in [6, 6.07) is 10.3. The van der Waals surface area contributed by atoms with Crippen LogP contribution >= 0.6 is 0 Å². The van der Waals surface area contributed by atoms with Crippen LogP contribution in [0.5, 0.6) is 0 Å². The zero-order chi connectivity index (χ0) is 15.2. The first-order valence-electron chi connectivity index (χ1n) is 7.16. The van der Waals surface area contributed by atoms with E-state index >= 15 is 0 Å². The van der Waals surface area contributed by atoms with E-state index < -0.39 is 0 Å². The van der Waals surface area contributed by atoms with Gasteiger partial charge in [-0.1, -0.05) is 44.2 Å². The van der Waals surface area contributed by atoms with Gasteiger partial charge in [-0.25, -0.2) is 4.99 Å². The van der Waals surface area contributed by atoms with E-state index in [1.807, 2.05) is 31.2 Å². The van der Waals surface area contributed by atoms with Crippen LogP contribution in [0, 0.1) is 11.3 Å². The summed E-state index contributed by atoms with van der Waals surface area (Å²) in [4.78, 5) is 4.50. The maximum absolute atomic E-state index is 7.56. The van der Waals surface area contributed by atoms with Gasteiger partial charge >= 0.3 is 0 Å². The van der Waals surface area contributed by atoms with Crippen molar-refractivity contribution in [3.63, 3.8) is 0 Å². The second kappa shape index (κ2) is 6.88. The molecule has 1 aromatic carbocycles. The highest BCUT2D eigenvalue weighted by Crippen LogP contribution is 2.16. The lowest BCUT2D eigenvalue weighted by atomic mass is 10.0. The van der Waals surface area contributed by atoms with Gasteiger partial charge in [-0.15, -0.1) is 0 Å². The minimum absolute atomic E-state index is 0.259. The van der Waals surface area contributed by atoms with Crippen molar-refractivity contribution in [1.29, 1.82) is 5.41 Å². The maximum Gasteiger partial charge on any atom is 0.136 e. The number of hydrogen-bond donors (Lipinski definition) is 3. The van der Waals surface area contributed by atoms with Gasteiger partial charge in [0.2, 0.25) is 0 Å². The molecule has 1 heterocycles. The molecule has 0 amide bonds. The van der Waals surface area contributed by atoms with Crippen molar-refractivity contribution < 1.29 is 0 Å². The van der Waals surface area contributed by atoms with Crippen LogP contribution in [0.25, 0.3) is 0 Å². The first kappa shape index (κ1) is 15.0. The van der Waals surface area contributed by atoms with Crippen molar-refractivity contribution in [2.75, 3.05) is 0 Å². The summed E-state index contributed by atoms with van der Waals surface area (Å²) >= 11 is 0. The first-order chi connectivity index (χ1) is 10.1. The Morgan fingerprint density at radius 1 is 1.33 bits per heavy atom. The molecule has 0 bridgehead atoms. The molecule has 0 fully saturated rings. The number of hydrogen-bond acceptors (Lipinski definition) is 4. The molecule has 4 heteroatoms. The van der Waals surface area contributed by atoms with Gasteiger partial charge in [-0.2, -0.15) is 0 Å². The average Bonchev–Trinajstić information content (AvgIpc) is 2.46. The fourth-order valence-electron chi connectivity index (χ4n) is 2.14. The number of nitrogens with one attached hydrogen (secondary N) is 3. The molecule has 1 aromatic rings. The van der Waals surface area contributed by atoms with E-state index in [0.717, 1.165) is 29.5 Å². The van der Waals surface area contributed by atoms with E-state index in [-0.39, 0.29) is 5.92 Å². The number of benzene rings is 1. The van der Waals surface area contributed by atoms with Gasteiger partial charge in [0.15, 0.2) is 0 Å². The number of rotatable bonds is 5. The molecule has 0 saturated heterocycles. The Morgan fingerprint density at radius 2 is 2.05 bits per heavy atom. The Bertz CT molecular complexity index is 594. The lowest BCUT2D eigenvalue weighted by Crippen LogP contribution is -2.30. The van der Waals surface area contributed by atoms with Crippen LogP contribution in [0.3, 0.4) is 0 Å². The van der Waals surface area contributed by atoms with Crippen LogP contribution in [-0.4, -0.2) is 11.9 Å². The Kier molecular flexibility index (Phi) is 4.93. The number of nitrogens with zero attached hydrogens (tertiary/aromatic N) is 1. The van der Waals surface area contributed by atoms with Gasteiger partial charge in [0.25, 0.3) is 0 Å². The normalized spacial score (nSPS) is 16.8. The predicted molar refractivity (Wildman–Crippen MR) is 88.3 cm³/mol. The standard InChI is InChI=1S/C17H22N4/c1-12(2)15(10-18)17-20-13(3)9-16(21-17)19-11-14-7-5-4-6-8-14/h4-10,12,18-19,21H,11H2,1-3H3/b17-15+,18-10?. The molecule has 1 aliphatic rings. The van der Waals surface area contributed by atoms with E-state index in [9.17, 15) is 0 Å². The van der Waals surface area contributed by atoms with Crippen molar-refractivity contribution in [1.82, 2.24) is 10.6 Å². The van der Waals surface area contributed by atoms with E-state index in [1.54, 1.807) is 0 Å². The Hall–Kier alpha value is -2.36. The molecule has 3 N–H and O–H groups in total. The third-order valence-electron chi connectivity index (χ3n) is 3.27. The largest absolute Gasteiger partial charge is 0.367 e. The molecule has 0 saturated carbocycles. The minimum Gasteiger partial charge on any atom is -0.367 e. The molecule has 4 nitrogen and oxygen atoms in total. The third kappa shape index (κ3) is 4.05. The third-order valence-corrected chi connectivity index (χ3v) is 3.27. The summed E-state index contributed by atoms with van der Waals surface area (Å²) in [6.45, 7) is 6.85. The zero-order valence-electron chi connectivity index (χ0n) is 12.8. The van der Waals surface area contributed by atoms with Gasteiger partial charge in [0.1, 0.15) is 11.6 Å². The highest BCUT2D eigenvalue weighted by Gasteiger charge is 2.13. The van der Waals surface area contributed by atoms with Crippen LogP contribution in [0.4, 0.5) is 0 Å². The highest BCUT2D eigenvalue weighted by atomic mass is 15.2. The summed E-state index contributed by atoms with van der Waals surface area (Å²) in [7, 11) is 0. The smallest absolute Gasteiger partial charge is 0.136 e. The summed E-state index contributed by atoms with van der Waals surface area (Å²) in [5, 5.41) is 14.2. The van der Waals surface area contributed by atoms with E-state index in [0.29, 0.717) is 0 Å². The molecule has 2 rings (SSSR count). The molecule has 0 spiro atoms. The van der Waals surface area contributed by atoms with Crippen molar-refractivity contribution in [2.24, 2.45) is 10.9 Å².